The lowest BCUT2D eigenvalue weighted by Crippen LogP contribution is -2.20. The first kappa shape index (κ1) is 18.1. The van der Waals surface area contributed by atoms with Gasteiger partial charge in [-0.25, -0.2) is 4.99 Å². The van der Waals surface area contributed by atoms with Gasteiger partial charge in [-0.3, -0.25) is 4.79 Å². The second kappa shape index (κ2) is 7.01. The van der Waals surface area contributed by atoms with Gasteiger partial charge in [-0.2, -0.15) is 0 Å². The fraction of sp³-hybridized carbons (Fsp3) is 0.0476. The highest BCUT2D eigenvalue weighted by molar-refractivity contribution is 6.76. The molecule has 6 heteroatoms. The molecule has 0 N–H and O–H groups in total. The highest BCUT2D eigenvalue weighted by atomic mass is 35.6. The molecule has 0 aliphatic carbocycles. The molecular weight excluding hydrogens is 405 g/mol. The van der Waals surface area contributed by atoms with Crippen molar-refractivity contribution in [2.45, 2.75) is 3.79 Å². The van der Waals surface area contributed by atoms with Gasteiger partial charge >= 0.3 is 0 Å². The number of carbonyl (C=O) groups excluding carboxylic acids is 1. The number of hydrogen-bond acceptors (Lipinski definition) is 2. The monoisotopic (exact) mass is 415 g/mol. The number of nitrogens with zero attached hydrogens (tertiary/aromatic N) is 1. The summed E-state index contributed by atoms with van der Waals surface area (Å²) in [5.41, 5.74) is 1.44. The zero-order valence-electron chi connectivity index (χ0n) is 13.8. The van der Waals surface area contributed by atoms with Gasteiger partial charge < -0.3 is 4.42 Å². The summed E-state index contributed by atoms with van der Waals surface area (Å²) in [6, 6.07) is 22.8. The van der Waals surface area contributed by atoms with E-state index in [0.29, 0.717) is 22.1 Å². The molecule has 3 aromatic carbocycles. The van der Waals surface area contributed by atoms with Crippen LogP contribution in [0.2, 0.25) is 0 Å². The van der Waals surface area contributed by atoms with Crippen molar-refractivity contribution < 1.29 is 9.21 Å². The highest BCUT2D eigenvalue weighted by Gasteiger charge is 2.30. The Morgan fingerprint density at radius 1 is 0.889 bits per heavy atom. The fourth-order valence-corrected chi connectivity index (χ4v) is 3.08. The van der Waals surface area contributed by atoms with Crippen LogP contribution in [0.4, 0.5) is 0 Å². The molecule has 0 spiro atoms. The molecule has 0 saturated heterocycles. The van der Waals surface area contributed by atoms with Crippen molar-refractivity contribution in [3.63, 3.8) is 0 Å². The highest BCUT2D eigenvalue weighted by Crippen LogP contribution is 2.29. The Labute approximate surface area is 169 Å². The second-order valence-corrected chi connectivity index (χ2v) is 8.22. The van der Waals surface area contributed by atoms with Crippen LogP contribution in [0.15, 0.2) is 82.2 Å². The molecule has 134 valence electrons. The third-order valence-electron chi connectivity index (χ3n) is 4.16. The van der Waals surface area contributed by atoms with E-state index in [2.05, 4.69) is 4.99 Å². The van der Waals surface area contributed by atoms with Gasteiger partial charge in [0.1, 0.15) is 11.3 Å². The fourth-order valence-electron chi connectivity index (χ4n) is 2.95. The average molecular weight is 417 g/mol. The Morgan fingerprint density at radius 3 is 2.33 bits per heavy atom. The van der Waals surface area contributed by atoms with Crippen molar-refractivity contribution in [2.24, 2.45) is 4.99 Å². The van der Waals surface area contributed by atoms with Gasteiger partial charge in [0.05, 0.1) is 10.7 Å². The zero-order valence-corrected chi connectivity index (χ0v) is 16.1. The first-order chi connectivity index (χ1) is 12.9. The summed E-state index contributed by atoms with van der Waals surface area (Å²) < 4.78 is 3.97. The van der Waals surface area contributed by atoms with Crippen molar-refractivity contribution >= 4 is 62.5 Å². The van der Waals surface area contributed by atoms with Gasteiger partial charge in [0, 0.05) is 11.6 Å². The average Bonchev–Trinajstić information content (AvgIpc) is 2.67. The summed E-state index contributed by atoms with van der Waals surface area (Å²) in [6.07, 6.45) is 0. The molecule has 0 atom stereocenters. The summed E-state index contributed by atoms with van der Waals surface area (Å²) >= 11 is 17.2. The molecule has 4 aromatic rings. The Balaban J connectivity index is 2.11. The Kier molecular flexibility index (Phi) is 4.68. The van der Waals surface area contributed by atoms with Gasteiger partial charge in [0.25, 0.3) is 9.70 Å². The molecule has 0 aliphatic rings. The largest absolute Gasteiger partial charge is 0.456 e. The predicted octanol–water partition coefficient (Wildman–Crippen LogP) is 6.05. The van der Waals surface area contributed by atoms with Crippen LogP contribution >= 0.6 is 34.8 Å². The minimum Gasteiger partial charge on any atom is -0.456 e. The van der Waals surface area contributed by atoms with Crippen LogP contribution < -0.4 is 5.36 Å². The smallest absolute Gasteiger partial charge is 0.298 e. The molecule has 0 fully saturated rings. The lowest BCUT2D eigenvalue weighted by atomic mass is 10.0. The first-order valence-electron chi connectivity index (χ1n) is 8.10. The summed E-state index contributed by atoms with van der Waals surface area (Å²) in [7, 11) is 0. The Hall–Kier alpha value is -2.33. The van der Waals surface area contributed by atoms with Crippen LogP contribution in [-0.4, -0.2) is 9.70 Å². The van der Waals surface area contributed by atoms with E-state index in [9.17, 15) is 4.79 Å². The molecule has 0 unspecified atom stereocenters. The first-order valence-corrected chi connectivity index (χ1v) is 9.24. The van der Waals surface area contributed by atoms with Crippen molar-refractivity contribution in [1.82, 2.24) is 0 Å². The lowest BCUT2D eigenvalue weighted by molar-refractivity contribution is -0.117. The normalized spacial score (nSPS) is 12.6. The summed E-state index contributed by atoms with van der Waals surface area (Å²) in [6.45, 7) is 0. The second-order valence-electron chi connectivity index (χ2n) is 5.94. The number of alkyl halides is 3. The van der Waals surface area contributed by atoms with E-state index in [4.69, 9.17) is 39.2 Å². The van der Waals surface area contributed by atoms with E-state index in [0.717, 1.165) is 16.3 Å². The third-order valence-corrected chi connectivity index (χ3v) is 4.64. The molecule has 0 aliphatic heterocycles. The van der Waals surface area contributed by atoms with E-state index in [1.165, 1.54) is 0 Å². The van der Waals surface area contributed by atoms with Gasteiger partial charge in [-0.15, -0.1) is 0 Å². The minimum atomic E-state index is -2.13. The summed E-state index contributed by atoms with van der Waals surface area (Å²) in [4.78, 5) is 16.4. The molecule has 0 bridgehead atoms. The number of fused-ring (bicyclic) bond motifs is 3. The van der Waals surface area contributed by atoms with E-state index in [-0.39, 0.29) is 0 Å². The van der Waals surface area contributed by atoms with E-state index in [1.807, 2.05) is 66.7 Å². The number of benzene rings is 3. The number of rotatable bonds is 1. The van der Waals surface area contributed by atoms with E-state index in [1.54, 1.807) is 6.07 Å². The number of carbonyl (C=O) groups is 1. The van der Waals surface area contributed by atoms with E-state index >= 15 is 0 Å². The van der Waals surface area contributed by atoms with Crippen molar-refractivity contribution in [3.05, 3.63) is 78.2 Å². The molecule has 27 heavy (non-hydrogen) atoms. The molecule has 4 rings (SSSR count). The number of hydrogen-bond donors (Lipinski definition) is 0. The third kappa shape index (κ3) is 3.59. The Bertz CT molecular complexity index is 1230. The maximum atomic E-state index is 12.3. The SMILES string of the molecule is O=C(N=c1cc(-c2ccccc2)oc2ccc3ccccc3c12)C(Cl)(Cl)Cl. The Morgan fingerprint density at radius 2 is 1.59 bits per heavy atom. The lowest BCUT2D eigenvalue weighted by Gasteiger charge is -2.09. The molecule has 0 saturated carbocycles. The van der Waals surface area contributed by atoms with Gasteiger partial charge in [0.15, 0.2) is 0 Å². The van der Waals surface area contributed by atoms with Crippen molar-refractivity contribution in [2.75, 3.05) is 0 Å². The molecule has 1 aromatic heterocycles. The van der Waals surface area contributed by atoms with Crippen LogP contribution in [0.3, 0.4) is 0 Å². The zero-order chi connectivity index (χ0) is 19.0. The standard InChI is InChI=1S/C21H12Cl3NO2/c22-21(23,24)20(26)25-16-12-18(14-7-2-1-3-8-14)27-17-11-10-13-6-4-5-9-15(13)19(16)17/h1-12H. The molecule has 3 nitrogen and oxygen atoms in total. The van der Waals surface area contributed by atoms with Gasteiger partial charge in [-0.05, 0) is 16.8 Å². The van der Waals surface area contributed by atoms with Crippen molar-refractivity contribution in [3.8, 4) is 11.3 Å². The van der Waals surface area contributed by atoms with Gasteiger partial charge in [0.2, 0.25) is 0 Å². The number of amides is 1. The maximum Gasteiger partial charge on any atom is 0.298 e. The van der Waals surface area contributed by atoms with Crippen LogP contribution in [0.1, 0.15) is 0 Å². The molecule has 1 amide bonds. The summed E-state index contributed by atoms with van der Waals surface area (Å²) in [5, 5.41) is 2.97. The molecule has 0 radical (unpaired) electrons. The van der Waals surface area contributed by atoms with E-state index < -0.39 is 9.70 Å². The number of halogens is 3. The van der Waals surface area contributed by atoms with Crippen LogP contribution in [-0.2, 0) is 4.79 Å². The maximum absolute atomic E-state index is 12.3. The molecule has 1 heterocycles. The predicted molar refractivity (Wildman–Crippen MR) is 110 cm³/mol. The quantitative estimate of drug-likeness (QED) is 0.280. The van der Waals surface area contributed by atoms with Gasteiger partial charge in [-0.1, -0.05) is 95.5 Å². The minimum absolute atomic E-state index is 0.392. The van der Waals surface area contributed by atoms with Crippen molar-refractivity contribution in [1.29, 1.82) is 0 Å². The summed E-state index contributed by atoms with van der Waals surface area (Å²) in [5.74, 6) is -0.291. The topological polar surface area (TPSA) is 42.6 Å². The van der Waals surface area contributed by atoms with Crippen LogP contribution in [0.5, 0.6) is 0 Å². The molecular formula is C21H12Cl3NO2. The van der Waals surface area contributed by atoms with Crippen LogP contribution in [0.25, 0.3) is 33.1 Å². The van der Waals surface area contributed by atoms with Crippen LogP contribution in [0, 0.1) is 0 Å².